The van der Waals surface area contributed by atoms with Crippen LogP contribution in [0, 0.1) is 19.8 Å². The van der Waals surface area contributed by atoms with E-state index in [0.717, 1.165) is 41.6 Å². The summed E-state index contributed by atoms with van der Waals surface area (Å²) in [5, 5.41) is 8.79. The molecule has 2 heterocycles. The van der Waals surface area contributed by atoms with E-state index in [-0.39, 0.29) is 0 Å². The molecular weight excluding hydrogens is 408 g/mol. The summed E-state index contributed by atoms with van der Waals surface area (Å²) in [6.45, 7) is 8.00. The van der Waals surface area contributed by atoms with Crippen LogP contribution in [0.25, 0.3) is 11.3 Å². The van der Waals surface area contributed by atoms with Crippen molar-refractivity contribution in [1.29, 1.82) is 0 Å². The Morgan fingerprint density at radius 2 is 1.65 bits per heavy atom. The van der Waals surface area contributed by atoms with Crippen LogP contribution in [-0.4, -0.2) is 31.7 Å². The number of nitrogens with zero attached hydrogens (tertiary/aromatic N) is 3. The Balaban J connectivity index is 1.47. The minimum Gasteiger partial charge on any atom is -0.355 e. The number of hydrogen-bond donors (Lipinski definition) is 1. The van der Waals surface area contributed by atoms with Gasteiger partial charge >= 0.3 is 0 Å². The second-order valence-electron chi connectivity index (χ2n) is 8.40. The first-order valence-corrected chi connectivity index (χ1v) is 12.1. The molecule has 1 aliphatic rings. The van der Waals surface area contributed by atoms with Crippen molar-refractivity contribution in [1.82, 2.24) is 10.2 Å². The highest BCUT2D eigenvalue weighted by atomic mass is 32.2. The zero-order valence-corrected chi connectivity index (χ0v) is 19.0. The summed E-state index contributed by atoms with van der Waals surface area (Å²) < 4.78 is 28.3. The van der Waals surface area contributed by atoms with Gasteiger partial charge in [0.25, 0.3) is 10.0 Å². The largest absolute Gasteiger partial charge is 0.355 e. The first-order chi connectivity index (χ1) is 14.8. The van der Waals surface area contributed by atoms with Gasteiger partial charge in [0.1, 0.15) is 0 Å². The smallest absolute Gasteiger partial charge is 0.262 e. The van der Waals surface area contributed by atoms with E-state index in [0.29, 0.717) is 16.1 Å². The van der Waals surface area contributed by atoms with Crippen molar-refractivity contribution < 1.29 is 8.42 Å². The van der Waals surface area contributed by atoms with Gasteiger partial charge in [-0.1, -0.05) is 31.2 Å². The molecule has 0 unspecified atom stereocenters. The summed E-state index contributed by atoms with van der Waals surface area (Å²) in [6, 6.07) is 16.6. The Morgan fingerprint density at radius 3 is 2.29 bits per heavy atom. The summed E-state index contributed by atoms with van der Waals surface area (Å²) in [5.41, 5.74) is 3.78. The van der Waals surface area contributed by atoms with Crippen LogP contribution >= 0.6 is 0 Å². The van der Waals surface area contributed by atoms with Crippen molar-refractivity contribution >= 4 is 21.5 Å². The number of aryl methyl sites for hydroxylation is 2. The maximum Gasteiger partial charge on any atom is 0.262 e. The first-order valence-electron chi connectivity index (χ1n) is 10.6. The van der Waals surface area contributed by atoms with E-state index in [2.05, 4.69) is 26.7 Å². The number of sulfonamides is 1. The van der Waals surface area contributed by atoms with Gasteiger partial charge in [-0.3, -0.25) is 4.72 Å². The maximum atomic E-state index is 12.8. The third kappa shape index (κ3) is 4.88. The average Bonchev–Trinajstić information content (AvgIpc) is 2.76. The van der Waals surface area contributed by atoms with Crippen LogP contribution in [0.3, 0.4) is 0 Å². The minimum absolute atomic E-state index is 0.296. The van der Waals surface area contributed by atoms with E-state index < -0.39 is 10.0 Å². The molecule has 1 aliphatic heterocycles. The fraction of sp³-hybridized carbons (Fsp3) is 0.333. The van der Waals surface area contributed by atoms with Crippen LogP contribution < -0.4 is 9.62 Å². The van der Waals surface area contributed by atoms with Crippen molar-refractivity contribution in [2.24, 2.45) is 5.92 Å². The normalized spacial score (nSPS) is 15.1. The van der Waals surface area contributed by atoms with E-state index in [1.165, 1.54) is 12.8 Å². The number of benzene rings is 2. The van der Waals surface area contributed by atoms with Crippen LogP contribution in [0.2, 0.25) is 0 Å². The molecule has 2 aromatic carbocycles. The Bertz CT molecular complexity index is 1150. The SMILES string of the molecule is Cc1ccc(C)c(S(=O)(=O)Nc2ccc(-c3ccc(N4CCC(C)CC4)nn3)cc2)c1. The number of aromatic nitrogens is 2. The Kier molecular flexibility index (Phi) is 5.96. The van der Waals surface area contributed by atoms with E-state index >= 15 is 0 Å². The quantitative estimate of drug-likeness (QED) is 0.622. The lowest BCUT2D eigenvalue weighted by molar-refractivity contribution is 0.436. The number of hydrogen-bond acceptors (Lipinski definition) is 5. The average molecular weight is 437 g/mol. The number of rotatable bonds is 5. The summed E-state index contributed by atoms with van der Waals surface area (Å²) in [5.74, 6) is 1.68. The van der Waals surface area contributed by atoms with E-state index in [9.17, 15) is 8.42 Å². The molecule has 0 amide bonds. The lowest BCUT2D eigenvalue weighted by Crippen LogP contribution is -2.33. The molecule has 6 nitrogen and oxygen atoms in total. The second-order valence-corrected chi connectivity index (χ2v) is 10.0. The highest BCUT2D eigenvalue weighted by molar-refractivity contribution is 7.92. The molecule has 0 radical (unpaired) electrons. The van der Waals surface area contributed by atoms with E-state index in [1.807, 2.05) is 43.3 Å². The molecule has 1 N–H and O–H groups in total. The molecule has 7 heteroatoms. The van der Waals surface area contributed by atoms with Crippen molar-refractivity contribution in [3.8, 4) is 11.3 Å². The molecule has 1 saturated heterocycles. The van der Waals surface area contributed by atoms with Gasteiger partial charge in [0.15, 0.2) is 5.82 Å². The molecule has 162 valence electrons. The first kappa shape index (κ1) is 21.3. The Morgan fingerprint density at radius 1 is 0.935 bits per heavy atom. The summed E-state index contributed by atoms with van der Waals surface area (Å²) in [4.78, 5) is 2.58. The lowest BCUT2D eigenvalue weighted by Gasteiger charge is -2.30. The molecule has 31 heavy (non-hydrogen) atoms. The standard InChI is InChI=1S/C24H28N4O2S/c1-17-12-14-28(15-13-17)24-11-10-22(25-26-24)20-6-8-21(9-7-20)27-31(29,30)23-16-18(2)4-5-19(23)3/h4-11,16-17,27H,12-15H2,1-3H3. The molecule has 0 aliphatic carbocycles. The zero-order chi connectivity index (χ0) is 22.0. The Hall–Kier alpha value is -2.93. The van der Waals surface area contributed by atoms with Crippen LogP contribution in [0.1, 0.15) is 30.9 Å². The third-order valence-corrected chi connectivity index (χ3v) is 7.35. The monoisotopic (exact) mass is 436 g/mol. The number of nitrogens with one attached hydrogen (secondary N) is 1. The predicted molar refractivity (Wildman–Crippen MR) is 125 cm³/mol. The zero-order valence-electron chi connectivity index (χ0n) is 18.2. The molecule has 1 aromatic heterocycles. The second kappa shape index (κ2) is 8.67. The van der Waals surface area contributed by atoms with Crippen LogP contribution in [0.15, 0.2) is 59.5 Å². The Labute approximate surface area is 184 Å². The molecule has 1 fully saturated rings. The molecule has 4 rings (SSSR count). The van der Waals surface area contributed by atoms with Gasteiger partial charge in [-0.25, -0.2) is 8.42 Å². The van der Waals surface area contributed by atoms with Gasteiger partial charge in [-0.05, 0) is 74.1 Å². The number of anilines is 2. The molecular formula is C24H28N4O2S. The molecule has 0 atom stereocenters. The van der Waals surface area contributed by atoms with Gasteiger partial charge in [0, 0.05) is 24.3 Å². The lowest BCUT2D eigenvalue weighted by atomic mass is 9.99. The third-order valence-electron chi connectivity index (χ3n) is 5.82. The minimum atomic E-state index is -3.65. The van der Waals surface area contributed by atoms with Gasteiger partial charge in [0.2, 0.25) is 0 Å². The highest BCUT2D eigenvalue weighted by Gasteiger charge is 2.18. The predicted octanol–water partition coefficient (Wildman–Crippen LogP) is 4.80. The maximum absolute atomic E-state index is 12.8. The topological polar surface area (TPSA) is 75.2 Å². The fourth-order valence-electron chi connectivity index (χ4n) is 3.80. The number of piperidine rings is 1. The van der Waals surface area contributed by atoms with Gasteiger partial charge < -0.3 is 4.90 Å². The summed E-state index contributed by atoms with van der Waals surface area (Å²) in [7, 11) is -3.65. The van der Waals surface area contributed by atoms with Gasteiger partial charge in [-0.2, -0.15) is 0 Å². The van der Waals surface area contributed by atoms with Crippen molar-refractivity contribution in [3.05, 3.63) is 65.7 Å². The van der Waals surface area contributed by atoms with E-state index in [4.69, 9.17) is 0 Å². The van der Waals surface area contributed by atoms with Crippen LogP contribution in [0.5, 0.6) is 0 Å². The molecule has 3 aromatic rings. The molecule has 0 spiro atoms. The van der Waals surface area contributed by atoms with Gasteiger partial charge in [-0.15, -0.1) is 10.2 Å². The van der Waals surface area contributed by atoms with Crippen LogP contribution in [-0.2, 0) is 10.0 Å². The fourth-order valence-corrected chi connectivity index (χ4v) is 5.19. The molecule has 0 bridgehead atoms. The van der Waals surface area contributed by atoms with Crippen LogP contribution in [0.4, 0.5) is 11.5 Å². The molecule has 0 saturated carbocycles. The van der Waals surface area contributed by atoms with Crippen molar-refractivity contribution in [2.45, 2.75) is 38.5 Å². The summed E-state index contributed by atoms with van der Waals surface area (Å²) >= 11 is 0. The summed E-state index contributed by atoms with van der Waals surface area (Å²) in [6.07, 6.45) is 2.37. The van der Waals surface area contributed by atoms with Gasteiger partial charge in [0.05, 0.1) is 10.6 Å². The van der Waals surface area contributed by atoms with Crippen molar-refractivity contribution in [3.63, 3.8) is 0 Å². The van der Waals surface area contributed by atoms with E-state index in [1.54, 1.807) is 25.1 Å². The van der Waals surface area contributed by atoms with Crippen molar-refractivity contribution in [2.75, 3.05) is 22.7 Å². The highest BCUT2D eigenvalue weighted by Crippen LogP contribution is 2.25.